The molecule has 0 aliphatic heterocycles. The molecule has 0 amide bonds. The molecule has 0 saturated carbocycles. The number of benzene rings is 1. The van der Waals surface area contributed by atoms with E-state index in [1.54, 1.807) is 12.1 Å². The minimum atomic E-state index is -4.33. The summed E-state index contributed by atoms with van der Waals surface area (Å²) in [7, 11) is -4.33. The Balaban J connectivity index is 0.0000122. The van der Waals surface area contributed by atoms with Crippen molar-refractivity contribution in [3.05, 3.63) is 29.8 Å². The molecule has 0 N–H and O–H groups in total. The molecule has 0 spiro atoms. The van der Waals surface area contributed by atoms with Gasteiger partial charge in [0.15, 0.2) is 0 Å². The summed E-state index contributed by atoms with van der Waals surface area (Å²) in [4.78, 5) is -0.134. The van der Waals surface area contributed by atoms with Crippen LogP contribution in [0.4, 0.5) is 0 Å². The van der Waals surface area contributed by atoms with Gasteiger partial charge in [0.1, 0.15) is 10.1 Å². The minimum absolute atomic E-state index is 0. The molecule has 36 heavy (non-hydrogen) atoms. The Labute approximate surface area is 247 Å². The van der Waals surface area contributed by atoms with Crippen LogP contribution in [0.25, 0.3) is 0 Å². The second kappa shape index (κ2) is 25.4. The average molecular weight is 531 g/mol. The Kier molecular flexibility index (Phi) is 25.5. The summed E-state index contributed by atoms with van der Waals surface area (Å²) in [5.74, 6) is 0. The molecule has 5 heteroatoms. The maximum absolute atomic E-state index is 11.0. The van der Waals surface area contributed by atoms with Crippen molar-refractivity contribution in [3.8, 4) is 0 Å². The van der Waals surface area contributed by atoms with E-state index in [1.165, 1.54) is 153 Å². The van der Waals surface area contributed by atoms with Gasteiger partial charge in [-0.3, -0.25) is 0 Å². The van der Waals surface area contributed by atoms with Crippen LogP contribution in [0.15, 0.2) is 29.2 Å². The molecule has 0 unspecified atom stereocenters. The predicted octanol–water partition coefficient (Wildman–Crippen LogP) is 7.13. The van der Waals surface area contributed by atoms with E-state index in [4.69, 9.17) is 0 Å². The van der Waals surface area contributed by atoms with Crippen LogP contribution < -0.4 is 29.6 Å². The van der Waals surface area contributed by atoms with Crippen molar-refractivity contribution in [1.82, 2.24) is 0 Å². The van der Waals surface area contributed by atoms with Gasteiger partial charge < -0.3 is 4.55 Å². The van der Waals surface area contributed by atoms with E-state index < -0.39 is 10.1 Å². The summed E-state index contributed by atoms with van der Waals surface area (Å²) in [6, 6.07) is 6.39. The fourth-order valence-electron chi connectivity index (χ4n) is 4.94. The Morgan fingerprint density at radius 1 is 0.500 bits per heavy atom. The summed E-state index contributed by atoms with van der Waals surface area (Å²) in [5, 5.41) is 0. The molecule has 1 aromatic rings. The monoisotopic (exact) mass is 530 g/mol. The average Bonchev–Trinajstić information content (AvgIpc) is 2.84. The van der Waals surface area contributed by atoms with Crippen LogP contribution in [-0.4, -0.2) is 13.0 Å². The first-order valence-corrected chi connectivity index (χ1v) is 16.5. The van der Waals surface area contributed by atoms with E-state index in [-0.39, 0.29) is 34.5 Å². The van der Waals surface area contributed by atoms with Gasteiger partial charge in [-0.15, -0.1) is 0 Å². The van der Waals surface area contributed by atoms with Crippen LogP contribution in [0.3, 0.4) is 0 Å². The number of hydrogen-bond donors (Lipinski definition) is 0. The van der Waals surface area contributed by atoms with Gasteiger partial charge in [-0.1, -0.05) is 160 Å². The molecule has 0 saturated heterocycles. The maximum Gasteiger partial charge on any atom is 1.00 e. The summed E-state index contributed by atoms with van der Waals surface area (Å²) >= 11 is 0. The summed E-state index contributed by atoms with van der Waals surface area (Å²) in [6.45, 7) is 2.29. The molecule has 0 radical (unpaired) electrons. The Bertz CT molecular complexity index is 688. The molecular formula is C31H55NaO3S. The van der Waals surface area contributed by atoms with Crippen LogP contribution in [0.5, 0.6) is 0 Å². The molecular weight excluding hydrogens is 475 g/mol. The quantitative estimate of drug-likeness (QED) is 0.0767. The number of rotatable bonds is 25. The molecule has 1 rings (SSSR count). The third kappa shape index (κ3) is 22.1. The first-order valence-electron chi connectivity index (χ1n) is 15.1. The van der Waals surface area contributed by atoms with Crippen LogP contribution in [-0.2, 0) is 16.5 Å². The molecule has 0 atom stereocenters. The van der Waals surface area contributed by atoms with E-state index in [2.05, 4.69) is 6.92 Å². The summed E-state index contributed by atoms with van der Waals surface area (Å²) in [5.41, 5.74) is 1.11. The van der Waals surface area contributed by atoms with Crippen LogP contribution in [0.2, 0.25) is 0 Å². The SMILES string of the molecule is CCCCCCCCCCCCCCCCCCCCCCCCCc1ccc(S(=O)(=O)[O-])cc1.[Na+]. The van der Waals surface area contributed by atoms with Gasteiger partial charge >= 0.3 is 29.6 Å². The first kappa shape index (κ1) is 36.1. The molecule has 0 aliphatic rings. The second-order valence-corrected chi connectivity index (χ2v) is 12.0. The zero-order chi connectivity index (χ0) is 25.5. The fraction of sp³-hybridized carbons (Fsp3) is 0.806. The van der Waals surface area contributed by atoms with Crippen molar-refractivity contribution in [1.29, 1.82) is 0 Å². The van der Waals surface area contributed by atoms with Gasteiger partial charge in [0.25, 0.3) is 0 Å². The van der Waals surface area contributed by atoms with Crippen molar-refractivity contribution in [2.24, 2.45) is 0 Å². The van der Waals surface area contributed by atoms with Crippen LogP contribution >= 0.6 is 0 Å². The molecule has 3 nitrogen and oxygen atoms in total. The number of aryl methyl sites for hydroxylation is 1. The van der Waals surface area contributed by atoms with Gasteiger partial charge in [0.05, 0.1) is 4.90 Å². The molecule has 0 heterocycles. The minimum Gasteiger partial charge on any atom is -0.744 e. The predicted molar refractivity (Wildman–Crippen MR) is 150 cm³/mol. The fourth-order valence-corrected chi connectivity index (χ4v) is 5.41. The van der Waals surface area contributed by atoms with Gasteiger partial charge in [-0.2, -0.15) is 0 Å². The Morgan fingerprint density at radius 2 is 0.778 bits per heavy atom. The van der Waals surface area contributed by atoms with Crippen molar-refractivity contribution < 1.29 is 42.5 Å². The number of unbranched alkanes of at least 4 members (excludes halogenated alkanes) is 22. The van der Waals surface area contributed by atoms with E-state index in [9.17, 15) is 13.0 Å². The summed E-state index contributed by atoms with van der Waals surface area (Å²) < 4.78 is 32.9. The Hall–Kier alpha value is 0.130. The van der Waals surface area contributed by atoms with Crippen molar-refractivity contribution >= 4 is 10.1 Å². The maximum atomic E-state index is 11.0. The third-order valence-electron chi connectivity index (χ3n) is 7.28. The molecule has 0 aromatic heterocycles. The standard InChI is InChI=1S/C31H56O3S.Na/c1-2-3-4-5-6-7-8-9-10-11-12-13-14-15-16-17-18-19-20-21-22-23-24-25-30-26-28-31(29-27-30)35(32,33)34;/h26-29H,2-25H2,1H3,(H,32,33,34);/q;+1/p-1. The number of hydrogen-bond acceptors (Lipinski definition) is 3. The Morgan fingerprint density at radius 3 is 1.06 bits per heavy atom. The van der Waals surface area contributed by atoms with Crippen molar-refractivity contribution in [2.75, 3.05) is 0 Å². The molecule has 0 bridgehead atoms. The smallest absolute Gasteiger partial charge is 0.744 e. The molecule has 1 aromatic carbocycles. The van der Waals surface area contributed by atoms with Gasteiger partial charge in [0.2, 0.25) is 0 Å². The van der Waals surface area contributed by atoms with Gasteiger partial charge in [0, 0.05) is 0 Å². The van der Waals surface area contributed by atoms with Gasteiger partial charge in [-0.25, -0.2) is 8.42 Å². The third-order valence-corrected chi connectivity index (χ3v) is 8.13. The molecule has 0 fully saturated rings. The van der Waals surface area contributed by atoms with Crippen LogP contribution in [0.1, 0.15) is 160 Å². The first-order chi connectivity index (χ1) is 17.0. The molecule has 0 aliphatic carbocycles. The van der Waals surface area contributed by atoms with E-state index >= 15 is 0 Å². The molecule has 204 valence electrons. The topological polar surface area (TPSA) is 57.2 Å². The van der Waals surface area contributed by atoms with E-state index in [0.717, 1.165) is 18.4 Å². The van der Waals surface area contributed by atoms with Gasteiger partial charge in [-0.05, 0) is 30.5 Å². The largest absolute Gasteiger partial charge is 1.00 e. The summed E-state index contributed by atoms with van der Waals surface area (Å²) in [6.07, 6.45) is 33.1. The van der Waals surface area contributed by atoms with Crippen molar-refractivity contribution in [2.45, 2.75) is 166 Å². The second-order valence-electron chi connectivity index (χ2n) is 10.6. The van der Waals surface area contributed by atoms with E-state index in [1.807, 2.05) is 0 Å². The van der Waals surface area contributed by atoms with E-state index in [0.29, 0.717) is 0 Å². The van der Waals surface area contributed by atoms with Crippen LogP contribution in [0, 0.1) is 0 Å². The zero-order valence-electron chi connectivity index (χ0n) is 23.9. The van der Waals surface area contributed by atoms with Crippen molar-refractivity contribution in [3.63, 3.8) is 0 Å². The normalized spacial score (nSPS) is 11.5. The zero-order valence-corrected chi connectivity index (χ0v) is 26.7.